The Balaban J connectivity index is 3.41. The Kier molecular flexibility index (Phi) is 3.88. The van der Waals surface area contributed by atoms with Crippen LogP contribution in [0, 0.1) is 29.2 Å². The van der Waals surface area contributed by atoms with Gasteiger partial charge in [0.15, 0.2) is 23.3 Å². The lowest BCUT2D eigenvalue weighted by Crippen LogP contribution is -2.15. The maximum Gasteiger partial charge on any atom is 0.167 e. The van der Waals surface area contributed by atoms with Crippen molar-refractivity contribution in [3.05, 3.63) is 34.9 Å². The smallest absolute Gasteiger partial charge is 0.167 e. The molecule has 0 heterocycles. The van der Waals surface area contributed by atoms with E-state index in [4.69, 9.17) is 5.26 Å². The first kappa shape index (κ1) is 12.9. The van der Waals surface area contributed by atoms with Crippen LogP contribution in [0.4, 0.5) is 17.6 Å². The molecule has 0 aliphatic heterocycles. The molecule has 90 valence electrons. The summed E-state index contributed by atoms with van der Waals surface area (Å²) in [5, 5.41) is 8.50. The first-order chi connectivity index (χ1) is 7.40. The number of hydrogen-bond acceptors (Lipinski definition) is 2. The molecule has 1 rings (SSSR count). The van der Waals surface area contributed by atoms with Crippen LogP contribution in [0.15, 0.2) is 6.07 Å². The fourth-order valence-corrected chi connectivity index (χ4v) is 1.35. The number of halogens is 4. The summed E-state index contributed by atoms with van der Waals surface area (Å²) >= 11 is 0. The summed E-state index contributed by atoms with van der Waals surface area (Å²) in [4.78, 5) is 3.86. The fourth-order valence-electron chi connectivity index (χ4n) is 1.35. The van der Waals surface area contributed by atoms with Crippen LogP contribution in [0.3, 0.4) is 0 Å². The van der Waals surface area contributed by atoms with Crippen LogP contribution >= 0.6 is 0 Å². The first-order valence-electron chi connectivity index (χ1n) is 4.53. The van der Waals surface area contributed by atoms with Crippen molar-refractivity contribution >= 4 is 0 Å². The van der Waals surface area contributed by atoms with Crippen LogP contribution in [-0.2, 0) is 4.89 Å². The molecule has 2 nitrogen and oxygen atoms in total. The van der Waals surface area contributed by atoms with E-state index in [0.717, 1.165) is 0 Å². The summed E-state index contributed by atoms with van der Waals surface area (Å²) in [6.07, 6.45) is -1.47. The van der Waals surface area contributed by atoms with Crippen molar-refractivity contribution in [3.63, 3.8) is 0 Å². The van der Waals surface area contributed by atoms with E-state index < -0.39 is 40.9 Å². The molecular weight excluding hydrogens is 228 g/mol. The minimum atomic E-state index is -1.56. The van der Waals surface area contributed by atoms with Crippen LogP contribution in [0.2, 0.25) is 0 Å². The molecule has 1 aromatic rings. The maximum atomic E-state index is 13.3. The zero-order chi connectivity index (χ0) is 12.5. The van der Waals surface area contributed by atoms with E-state index >= 15 is 0 Å². The zero-order valence-corrected chi connectivity index (χ0v) is 8.60. The van der Waals surface area contributed by atoms with Gasteiger partial charge in [0.1, 0.15) is 6.10 Å². The molecule has 0 fully saturated rings. The summed E-state index contributed by atoms with van der Waals surface area (Å²) in [7, 11) is 0. The second-order valence-corrected chi connectivity index (χ2v) is 3.65. The van der Waals surface area contributed by atoms with Gasteiger partial charge >= 0.3 is 0 Å². The minimum Gasteiger partial charge on any atom is -0.251 e. The average molecular weight is 238 g/mol. The lowest BCUT2D eigenvalue weighted by Gasteiger charge is -2.19. The van der Waals surface area contributed by atoms with Crippen molar-refractivity contribution in [3.8, 4) is 0 Å². The van der Waals surface area contributed by atoms with Crippen LogP contribution in [-0.4, -0.2) is 5.26 Å². The van der Waals surface area contributed by atoms with Gasteiger partial charge in [-0.3, -0.25) is 5.26 Å². The molecule has 16 heavy (non-hydrogen) atoms. The molecule has 0 radical (unpaired) electrons. The SMILES string of the molecule is CC(C)C(OO)c1c(F)c(F)cc(F)c1F. The minimum absolute atomic E-state index is 0.100. The van der Waals surface area contributed by atoms with Gasteiger partial charge in [0.25, 0.3) is 0 Å². The van der Waals surface area contributed by atoms with Gasteiger partial charge in [-0.25, -0.2) is 22.4 Å². The zero-order valence-electron chi connectivity index (χ0n) is 8.60. The summed E-state index contributed by atoms with van der Waals surface area (Å²) < 4.78 is 52.3. The highest BCUT2D eigenvalue weighted by molar-refractivity contribution is 5.25. The summed E-state index contributed by atoms with van der Waals surface area (Å²) in [5.41, 5.74) is -0.949. The predicted molar refractivity (Wildman–Crippen MR) is 47.6 cm³/mol. The predicted octanol–water partition coefficient (Wildman–Crippen LogP) is 3.43. The Bertz CT molecular complexity index is 367. The highest BCUT2D eigenvalue weighted by Gasteiger charge is 2.29. The van der Waals surface area contributed by atoms with Gasteiger partial charge in [-0.15, -0.1) is 0 Å². The molecule has 0 aromatic heterocycles. The number of rotatable bonds is 3. The van der Waals surface area contributed by atoms with Crippen LogP contribution in [0.5, 0.6) is 0 Å². The van der Waals surface area contributed by atoms with Crippen molar-refractivity contribution in [2.24, 2.45) is 5.92 Å². The molecule has 0 amide bonds. The van der Waals surface area contributed by atoms with Gasteiger partial charge in [0.2, 0.25) is 0 Å². The second kappa shape index (κ2) is 4.80. The standard InChI is InChI=1S/C10H10F4O2/c1-4(2)10(16-15)7-8(13)5(11)3-6(12)9(7)14/h3-4,10,15H,1-2H3. The lowest BCUT2D eigenvalue weighted by molar-refractivity contribution is -0.292. The Labute approximate surface area is 89.4 Å². The Morgan fingerprint density at radius 3 is 1.81 bits per heavy atom. The van der Waals surface area contributed by atoms with Crippen molar-refractivity contribution in [1.82, 2.24) is 0 Å². The third-order valence-electron chi connectivity index (χ3n) is 2.15. The average Bonchev–Trinajstić information content (AvgIpc) is 2.21. The van der Waals surface area contributed by atoms with Crippen LogP contribution < -0.4 is 0 Å². The quantitative estimate of drug-likeness (QED) is 0.378. The van der Waals surface area contributed by atoms with Crippen molar-refractivity contribution in [1.29, 1.82) is 0 Å². The Morgan fingerprint density at radius 1 is 1.06 bits per heavy atom. The second-order valence-electron chi connectivity index (χ2n) is 3.65. The van der Waals surface area contributed by atoms with Gasteiger partial charge in [-0.05, 0) is 5.92 Å². The van der Waals surface area contributed by atoms with E-state index in [9.17, 15) is 17.6 Å². The summed E-state index contributed by atoms with van der Waals surface area (Å²) in [6, 6.07) is 0.100. The Hall–Kier alpha value is -1.14. The molecule has 0 spiro atoms. The van der Waals surface area contributed by atoms with E-state index in [1.54, 1.807) is 0 Å². The Morgan fingerprint density at radius 2 is 1.50 bits per heavy atom. The molecule has 1 unspecified atom stereocenters. The molecular formula is C10H10F4O2. The highest BCUT2D eigenvalue weighted by Crippen LogP contribution is 2.31. The normalized spacial score (nSPS) is 13.2. The largest absolute Gasteiger partial charge is 0.251 e. The van der Waals surface area contributed by atoms with Gasteiger partial charge in [0, 0.05) is 6.07 Å². The topological polar surface area (TPSA) is 29.5 Å². The molecule has 0 aliphatic carbocycles. The fraction of sp³-hybridized carbons (Fsp3) is 0.400. The van der Waals surface area contributed by atoms with Crippen molar-refractivity contribution in [2.75, 3.05) is 0 Å². The lowest BCUT2D eigenvalue weighted by atomic mass is 9.97. The van der Waals surface area contributed by atoms with E-state index in [0.29, 0.717) is 0 Å². The molecule has 1 N–H and O–H groups in total. The van der Waals surface area contributed by atoms with Gasteiger partial charge in [-0.1, -0.05) is 13.8 Å². The van der Waals surface area contributed by atoms with Gasteiger partial charge in [0.05, 0.1) is 5.56 Å². The molecule has 1 atom stereocenters. The molecule has 0 bridgehead atoms. The molecule has 0 saturated carbocycles. The summed E-state index contributed by atoms with van der Waals surface area (Å²) in [5.74, 6) is -6.75. The number of benzene rings is 1. The van der Waals surface area contributed by atoms with E-state index in [1.165, 1.54) is 13.8 Å². The van der Waals surface area contributed by atoms with E-state index in [1.807, 2.05) is 0 Å². The van der Waals surface area contributed by atoms with E-state index in [2.05, 4.69) is 4.89 Å². The third kappa shape index (κ3) is 2.17. The highest BCUT2D eigenvalue weighted by atomic mass is 19.2. The van der Waals surface area contributed by atoms with Gasteiger partial charge in [-0.2, -0.15) is 0 Å². The van der Waals surface area contributed by atoms with E-state index in [-0.39, 0.29) is 6.07 Å². The van der Waals surface area contributed by atoms with Crippen molar-refractivity contribution in [2.45, 2.75) is 20.0 Å². The molecule has 0 saturated heterocycles. The van der Waals surface area contributed by atoms with Gasteiger partial charge < -0.3 is 0 Å². The van der Waals surface area contributed by atoms with Crippen LogP contribution in [0.25, 0.3) is 0 Å². The van der Waals surface area contributed by atoms with Crippen molar-refractivity contribution < 1.29 is 27.7 Å². The van der Waals surface area contributed by atoms with Crippen LogP contribution in [0.1, 0.15) is 25.5 Å². The maximum absolute atomic E-state index is 13.3. The first-order valence-corrected chi connectivity index (χ1v) is 4.53. The monoisotopic (exact) mass is 238 g/mol. The molecule has 6 heteroatoms. The molecule has 0 aliphatic rings. The molecule has 1 aromatic carbocycles. The number of hydrogen-bond donors (Lipinski definition) is 1. The third-order valence-corrected chi connectivity index (χ3v) is 2.15. The summed E-state index contributed by atoms with van der Waals surface area (Å²) in [6.45, 7) is 2.95.